The molecule has 0 bridgehead atoms. The van der Waals surface area contributed by atoms with Crippen LogP contribution >= 0.6 is 0 Å². The fourth-order valence-electron chi connectivity index (χ4n) is 3.49. The highest BCUT2D eigenvalue weighted by atomic mass is 19.1. The number of hydrogen-bond acceptors (Lipinski definition) is 4. The fraction of sp³-hybridized carbons (Fsp3) is 0.167. The average Bonchev–Trinajstić information content (AvgIpc) is 3.22. The summed E-state index contributed by atoms with van der Waals surface area (Å²) in [6.07, 6.45) is 5.12. The lowest BCUT2D eigenvalue weighted by Crippen LogP contribution is -2.34. The number of imidazole rings is 1. The average molecular weight is 431 g/mol. The van der Waals surface area contributed by atoms with Crippen molar-refractivity contribution in [3.05, 3.63) is 78.3 Å². The molecule has 3 heterocycles. The Morgan fingerprint density at radius 1 is 1.03 bits per heavy atom. The molecular weight excluding hydrogens is 409 g/mol. The van der Waals surface area contributed by atoms with Gasteiger partial charge in [0.1, 0.15) is 5.82 Å². The largest absolute Gasteiger partial charge is 0.355 e. The minimum Gasteiger partial charge on any atom is -0.355 e. The van der Waals surface area contributed by atoms with E-state index in [-0.39, 0.29) is 23.5 Å². The number of rotatable bonds is 6. The number of aryl methyl sites for hydroxylation is 1. The number of pyridine rings is 2. The Hall–Kier alpha value is -4.07. The molecule has 1 aromatic carbocycles. The summed E-state index contributed by atoms with van der Waals surface area (Å²) in [6.45, 7) is 3.80. The number of carbonyl (C=O) groups excluding carboxylic acids is 2. The molecule has 4 aromatic rings. The highest BCUT2D eigenvalue weighted by Crippen LogP contribution is 2.31. The van der Waals surface area contributed by atoms with Gasteiger partial charge in [-0.2, -0.15) is 0 Å². The van der Waals surface area contributed by atoms with Gasteiger partial charge in [0.25, 0.3) is 5.91 Å². The summed E-state index contributed by atoms with van der Waals surface area (Å²) in [6, 6.07) is 12.6. The van der Waals surface area contributed by atoms with Crippen LogP contribution in [0.1, 0.15) is 23.1 Å². The molecule has 0 unspecified atom stereocenters. The zero-order valence-corrected chi connectivity index (χ0v) is 17.7. The highest BCUT2D eigenvalue weighted by Gasteiger charge is 2.15. The van der Waals surface area contributed by atoms with E-state index in [0.717, 1.165) is 27.9 Å². The minimum atomic E-state index is -0.327. The summed E-state index contributed by atoms with van der Waals surface area (Å²) < 4.78 is 15.4. The highest BCUT2D eigenvalue weighted by molar-refractivity contribution is 5.92. The lowest BCUT2D eigenvalue weighted by Gasteiger charge is -2.11. The first kappa shape index (κ1) is 21.2. The molecule has 3 aromatic heterocycles. The minimum absolute atomic E-state index is 0.149. The number of benzene rings is 1. The van der Waals surface area contributed by atoms with Gasteiger partial charge in [0, 0.05) is 43.5 Å². The molecule has 0 fully saturated rings. The maximum Gasteiger partial charge on any atom is 0.287 e. The zero-order valence-electron chi connectivity index (χ0n) is 17.7. The SMILES string of the molecule is CC(=O)NCCNC(=O)c1ncc2cc(-c3cccnc3-c3ccc(F)c(C)c3)ccn12. The van der Waals surface area contributed by atoms with Crippen LogP contribution in [0.4, 0.5) is 4.39 Å². The van der Waals surface area contributed by atoms with Gasteiger partial charge in [-0.1, -0.05) is 6.07 Å². The molecule has 0 saturated carbocycles. The zero-order chi connectivity index (χ0) is 22.7. The van der Waals surface area contributed by atoms with Crippen molar-refractivity contribution in [1.29, 1.82) is 0 Å². The van der Waals surface area contributed by atoms with E-state index in [1.54, 1.807) is 42.0 Å². The van der Waals surface area contributed by atoms with Crippen LogP contribution in [0.2, 0.25) is 0 Å². The summed E-state index contributed by atoms with van der Waals surface area (Å²) in [5.41, 5.74) is 4.67. The van der Waals surface area contributed by atoms with E-state index >= 15 is 0 Å². The van der Waals surface area contributed by atoms with Crippen LogP contribution in [-0.2, 0) is 4.79 Å². The van der Waals surface area contributed by atoms with Gasteiger partial charge in [0.15, 0.2) is 0 Å². The Bertz CT molecular complexity index is 1310. The molecule has 32 heavy (non-hydrogen) atoms. The Morgan fingerprint density at radius 3 is 2.62 bits per heavy atom. The number of fused-ring (bicyclic) bond motifs is 1. The van der Waals surface area contributed by atoms with Gasteiger partial charge in [0.05, 0.1) is 17.4 Å². The molecule has 7 nitrogen and oxygen atoms in total. The van der Waals surface area contributed by atoms with Crippen molar-refractivity contribution < 1.29 is 14.0 Å². The Morgan fingerprint density at radius 2 is 1.84 bits per heavy atom. The van der Waals surface area contributed by atoms with Crippen LogP contribution < -0.4 is 10.6 Å². The second kappa shape index (κ2) is 8.97. The Balaban J connectivity index is 1.63. The molecule has 2 N–H and O–H groups in total. The van der Waals surface area contributed by atoms with E-state index in [9.17, 15) is 14.0 Å². The summed E-state index contributed by atoms with van der Waals surface area (Å²) in [7, 11) is 0. The van der Waals surface area contributed by atoms with Crippen molar-refractivity contribution >= 4 is 17.3 Å². The van der Waals surface area contributed by atoms with Gasteiger partial charge in [-0.25, -0.2) is 9.37 Å². The number of nitrogens with one attached hydrogen (secondary N) is 2. The summed E-state index contributed by atoms with van der Waals surface area (Å²) in [4.78, 5) is 32.2. The fourth-order valence-corrected chi connectivity index (χ4v) is 3.49. The predicted octanol–water partition coefficient (Wildman–Crippen LogP) is 3.38. The Labute approximate surface area is 184 Å². The van der Waals surface area contributed by atoms with E-state index in [2.05, 4.69) is 20.6 Å². The van der Waals surface area contributed by atoms with E-state index in [1.165, 1.54) is 13.0 Å². The van der Waals surface area contributed by atoms with Crippen LogP contribution in [0.25, 0.3) is 27.9 Å². The van der Waals surface area contributed by atoms with Crippen LogP contribution in [0.5, 0.6) is 0 Å². The molecule has 0 aliphatic rings. The first-order chi connectivity index (χ1) is 15.4. The number of amides is 2. The van der Waals surface area contributed by atoms with Crippen molar-refractivity contribution in [3.63, 3.8) is 0 Å². The molecule has 0 saturated heterocycles. The normalized spacial score (nSPS) is 10.8. The third-order valence-electron chi connectivity index (χ3n) is 5.07. The molecule has 2 amide bonds. The maximum absolute atomic E-state index is 13.7. The first-order valence-corrected chi connectivity index (χ1v) is 10.2. The van der Waals surface area contributed by atoms with Gasteiger partial charge in [-0.05, 0) is 54.4 Å². The molecule has 0 spiro atoms. The van der Waals surface area contributed by atoms with Crippen LogP contribution in [0.15, 0.2) is 61.1 Å². The molecule has 0 radical (unpaired) electrons. The number of halogens is 1. The molecule has 4 rings (SSSR count). The monoisotopic (exact) mass is 431 g/mol. The van der Waals surface area contributed by atoms with Gasteiger partial charge in [-0.3, -0.25) is 19.0 Å². The van der Waals surface area contributed by atoms with Crippen molar-refractivity contribution in [2.75, 3.05) is 13.1 Å². The second-order valence-corrected chi connectivity index (χ2v) is 7.39. The van der Waals surface area contributed by atoms with Gasteiger partial charge in [0.2, 0.25) is 11.7 Å². The molecule has 0 atom stereocenters. The van der Waals surface area contributed by atoms with E-state index in [1.807, 2.05) is 24.3 Å². The second-order valence-electron chi connectivity index (χ2n) is 7.39. The van der Waals surface area contributed by atoms with Gasteiger partial charge < -0.3 is 10.6 Å². The smallest absolute Gasteiger partial charge is 0.287 e. The van der Waals surface area contributed by atoms with E-state index in [4.69, 9.17) is 0 Å². The van der Waals surface area contributed by atoms with E-state index in [0.29, 0.717) is 18.7 Å². The van der Waals surface area contributed by atoms with Crippen LogP contribution in [-0.4, -0.2) is 39.3 Å². The number of carbonyl (C=O) groups is 2. The lowest BCUT2D eigenvalue weighted by molar-refractivity contribution is -0.118. The molecule has 162 valence electrons. The standard InChI is InChI=1S/C24H22FN5O2/c1-15-12-18(5-6-21(15)25)22-20(4-3-8-27-22)17-7-11-30-19(13-17)14-29-23(30)24(32)28-10-9-26-16(2)31/h3-8,11-14H,9-10H2,1-2H3,(H,26,31)(H,28,32). The lowest BCUT2D eigenvalue weighted by atomic mass is 9.99. The maximum atomic E-state index is 13.7. The molecular formula is C24H22FN5O2. The summed E-state index contributed by atoms with van der Waals surface area (Å²) in [5.74, 6) is -0.472. The number of nitrogens with zero attached hydrogens (tertiary/aromatic N) is 3. The van der Waals surface area contributed by atoms with Crippen molar-refractivity contribution in [3.8, 4) is 22.4 Å². The number of aromatic nitrogens is 3. The van der Waals surface area contributed by atoms with Crippen molar-refractivity contribution in [1.82, 2.24) is 25.0 Å². The van der Waals surface area contributed by atoms with Crippen molar-refractivity contribution in [2.24, 2.45) is 0 Å². The molecule has 8 heteroatoms. The number of hydrogen-bond donors (Lipinski definition) is 2. The molecule has 0 aliphatic heterocycles. The summed E-state index contributed by atoms with van der Waals surface area (Å²) >= 11 is 0. The molecule has 0 aliphatic carbocycles. The third kappa shape index (κ3) is 4.34. The van der Waals surface area contributed by atoms with Crippen LogP contribution in [0, 0.1) is 12.7 Å². The van der Waals surface area contributed by atoms with Gasteiger partial charge >= 0.3 is 0 Å². The third-order valence-corrected chi connectivity index (χ3v) is 5.07. The Kier molecular flexibility index (Phi) is 5.93. The van der Waals surface area contributed by atoms with Crippen LogP contribution in [0.3, 0.4) is 0 Å². The van der Waals surface area contributed by atoms with Gasteiger partial charge in [-0.15, -0.1) is 0 Å². The first-order valence-electron chi connectivity index (χ1n) is 10.2. The quantitative estimate of drug-likeness (QED) is 0.458. The van der Waals surface area contributed by atoms with E-state index < -0.39 is 0 Å². The van der Waals surface area contributed by atoms with Crippen molar-refractivity contribution in [2.45, 2.75) is 13.8 Å². The predicted molar refractivity (Wildman–Crippen MR) is 120 cm³/mol. The summed E-state index contributed by atoms with van der Waals surface area (Å²) in [5, 5.41) is 5.37. The topological polar surface area (TPSA) is 88.4 Å².